The highest BCUT2D eigenvalue weighted by Crippen LogP contribution is 2.48. The first-order valence-corrected chi connectivity index (χ1v) is 14.4. The van der Waals surface area contributed by atoms with E-state index in [1.54, 1.807) is 24.3 Å². The molecule has 1 fully saturated rings. The quantitative estimate of drug-likeness (QED) is 0.217. The Morgan fingerprint density at radius 3 is 2.32 bits per heavy atom. The number of nitrogens with one attached hydrogen (secondary N) is 4. The summed E-state index contributed by atoms with van der Waals surface area (Å²) < 4.78 is 57.8. The normalized spacial score (nSPS) is 14.8. The molecule has 41 heavy (non-hydrogen) atoms. The lowest BCUT2D eigenvalue weighted by Gasteiger charge is -2.19. The molecule has 0 bridgehead atoms. The molecule has 10 nitrogen and oxygen atoms in total. The van der Waals surface area contributed by atoms with Gasteiger partial charge >= 0.3 is 12.2 Å². The number of nitrogens with zero attached hydrogens (tertiary/aromatic N) is 3. The van der Waals surface area contributed by atoms with Crippen LogP contribution in [0.4, 0.5) is 30.8 Å². The molecule has 1 atom stereocenters. The molecular weight excluding hydrogens is 583 g/mol. The molecule has 1 unspecified atom stereocenters. The van der Waals surface area contributed by atoms with Crippen LogP contribution in [0.1, 0.15) is 42.6 Å². The fourth-order valence-electron chi connectivity index (χ4n) is 3.76. The van der Waals surface area contributed by atoms with E-state index in [1.807, 2.05) is 26.0 Å². The van der Waals surface area contributed by atoms with Gasteiger partial charge in [0.2, 0.25) is 11.9 Å². The van der Waals surface area contributed by atoms with Gasteiger partial charge in [-0.1, -0.05) is 37.6 Å². The minimum absolute atomic E-state index is 0.0255. The zero-order valence-corrected chi connectivity index (χ0v) is 23.8. The molecule has 220 valence electrons. The number of amides is 1. The number of carbonyl (C=O) groups excluding carboxylic acids is 1. The van der Waals surface area contributed by atoms with Gasteiger partial charge in [-0.05, 0) is 54.8 Å². The predicted molar refractivity (Wildman–Crippen MR) is 151 cm³/mol. The third-order valence-electron chi connectivity index (χ3n) is 5.93. The lowest BCUT2D eigenvalue weighted by Crippen LogP contribution is -2.33. The molecular formula is C26H29ClF3N7O3S. The Balaban J connectivity index is 1.46. The van der Waals surface area contributed by atoms with E-state index in [1.165, 1.54) is 12.1 Å². The van der Waals surface area contributed by atoms with Crippen molar-refractivity contribution in [2.24, 2.45) is 0 Å². The summed E-state index contributed by atoms with van der Waals surface area (Å²) in [6, 6.07) is 13.1. The minimum Gasteiger partial charge on any atom is -0.454 e. The van der Waals surface area contributed by atoms with Gasteiger partial charge in [0.15, 0.2) is 6.61 Å². The number of alkyl halides is 3. The van der Waals surface area contributed by atoms with Crippen LogP contribution in [0.25, 0.3) is 0 Å². The van der Waals surface area contributed by atoms with Crippen molar-refractivity contribution in [3.63, 3.8) is 0 Å². The average molecular weight is 612 g/mol. The Morgan fingerprint density at radius 1 is 1.05 bits per heavy atom. The van der Waals surface area contributed by atoms with Gasteiger partial charge < -0.3 is 20.7 Å². The van der Waals surface area contributed by atoms with Crippen molar-refractivity contribution in [1.82, 2.24) is 25.0 Å². The lowest BCUT2D eigenvalue weighted by molar-refractivity contribution is -0.154. The average Bonchev–Trinajstić information content (AvgIpc) is 3.68. The first-order valence-electron chi connectivity index (χ1n) is 12.7. The number of ether oxygens (including phenoxy) is 1. The molecule has 3 aromatic rings. The predicted octanol–water partition coefficient (Wildman–Crippen LogP) is 4.70. The molecule has 4 N–H and O–H groups in total. The van der Waals surface area contributed by atoms with E-state index >= 15 is 0 Å². The van der Waals surface area contributed by atoms with Crippen molar-refractivity contribution in [3.8, 4) is 6.01 Å². The van der Waals surface area contributed by atoms with Gasteiger partial charge in [0.1, 0.15) is 11.0 Å². The number of benzene rings is 2. The molecule has 1 heterocycles. The molecule has 1 saturated carbocycles. The molecule has 1 aromatic heterocycles. The highest BCUT2D eigenvalue weighted by Gasteiger charge is 2.45. The number of carbonyl (C=O) groups is 1. The largest absolute Gasteiger partial charge is 0.454 e. The highest BCUT2D eigenvalue weighted by molar-refractivity contribution is 7.83. The van der Waals surface area contributed by atoms with Gasteiger partial charge in [-0.25, -0.2) is 4.21 Å². The fourth-order valence-corrected chi connectivity index (χ4v) is 4.62. The van der Waals surface area contributed by atoms with Crippen LogP contribution in [-0.4, -0.2) is 56.2 Å². The number of rotatable bonds is 13. The van der Waals surface area contributed by atoms with Crippen molar-refractivity contribution >= 4 is 46.1 Å². The first kappa shape index (κ1) is 30.5. The second-order valence-corrected chi connectivity index (χ2v) is 11.4. The Morgan fingerprint density at radius 2 is 1.71 bits per heavy atom. The topological polar surface area (TPSA) is 130 Å². The summed E-state index contributed by atoms with van der Waals surface area (Å²) in [5.74, 6) is -0.289. The fraction of sp³-hybridized carbons (Fsp3) is 0.385. The summed E-state index contributed by atoms with van der Waals surface area (Å²) in [5, 5.41) is 9.80. The van der Waals surface area contributed by atoms with Gasteiger partial charge in [0.25, 0.3) is 5.91 Å². The molecule has 0 aliphatic heterocycles. The summed E-state index contributed by atoms with van der Waals surface area (Å²) in [6.07, 6.45) is -3.07. The van der Waals surface area contributed by atoms with E-state index in [9.17, 15) is 22.2 Å². The first-order chi connectivity index (χ1) is 19.4. The van der Waals surface area contributed by atoms with E-state index in [4.69, 9.17) is 16.3 Å². The van der Waals surface area contributed by atoms with E-state index in [2.05, 4.69) is 35.6 Å². The highest BCUT2D eigenvalue weighted by atomic mass is 35.5. The zero-order chi connectivity index (χ0) is 29.6. The van der Waals surface area contributed by atoms with Gasteiger partial charge in [-0.15, -0.1) is 0 Å². The van der Waals surface area contributed by atoms with Crippen LogP contribution in [-0.2, 0) is 16.5 Å². The van der Waals surface area contributed by atoms with E-state index in [0.717, 1.165) is 18.4 Å². The van der Waals surface area contributed by atoms with Crippen molar-refractivity contribution in [2.75, 3.05) is 29.5 Å². The smallest absolute Gasteiger partial charge is 0.422 e. The monoisotopic (exact) mass is 611 g/mol. The summed E-state index contributed by atoms with van der Waals surface area (Å²) in [5.41, 5.74) is 1.15. The Bertz CT molecular complexity index is 1370. The van der Waals surface area contributed by atoms with E-state index in [-0.39, 0.29) is 29.3 Å². The zero-order valence-electron chi connectivity index (χ0n) is 22.2. The summed E-state index contributed by atoms with van der Waals surface area (Å²) in [6.45, 7) is 2.85. The van der Waals surface area contributed by atoms with Gasteiger partial charge in [-0.3, -0.25) is 9.52 Å². The Labute approximate surface area is 242 Å². The number of aromatic nitrogens is 3. The molecule has 0 saturated heterocycles. The number of anilines is 3. The molecule has 0 radical (unpaired) electrons. The van der Waals surface area contributed by atoms with E-state index in [0.29, 0.717) is 17.3 Å². The van der Waals surface area contributed by atoms with Crippen molar-refractivity contribution in [3.05, 3.63) is 64.7 Å². The third kappa shape index (κ3) is 9.26. The van der Waals surface area contributed by atoms with Crippen molar-refractivity contribution < 1.29 is 26.9 Å². The van der Waals surface area contributed by atoms with Crippen LogP contribution >= 0.6 is 11.6 Å². The van der Waals surface area contributed by atoms with Crippen molar-refractivity contribution in [2.45, 2.75) is 44.4 Å². The second kappa shape index (κ2) is 13.0. The van der Waals surface area contributed by atoms with Crippen LogP contribution in [0.2, 0.25) is 5.02 Å². The van der Waals surface area contributed by atoms with Gasteiger partial charge in [0, 0.05) is 28.9 Å². The Kier molecular flexibility index (Phi) is 9.66. The maximum atomic E-state index is 12.8. The molecule has 2 aromatic carbocycles. The SMILES string of the molecule is CC(C)NCCS(=O)NC(=O)c1ccc(Nc2nc(NC3(c4ccc(Cl)cc4)CC3)nc(OCC(F)(F)F)n2)cc1. The molecule has 4 rings (SSSR count). The molecule has 1 aliphatic carbocycles. The molecule has 1 aliphatic rings. The van der Waals surface area contributed by atoms with Crippen LogP contribution < -0.4 is 25.4 Å². The Hall–Kier alpha value is -3.49. The molecule has 0 spiro atoms. The van der Waals surface area contributed by atoms with Gasteiger partial charge in [0.05, 0.1) is 11.3 Å². The molecule has 15 heteroatoms. The number of hydrogen-bond donors (Lipinski definition) is 4. The second-order valence-electron chi connectivity index (χ2n) is 9.68. The third-order valence-corrected chi connectivity index (χ3v) is 7.17. The standard InChI is InChI=1S/C26H29ClF3N7O3S/c1-16(2)31-13-14-41(39)37-21(38)17-3-9-20(10-4-17)32-22-33-23(35-24(34-22)40-15-26(28,29)30)36-25(11-12-25)18-5-7-19(27)8-6-18/h3-10,16,31H,11-15H2,1-2H3,(H,37,38)(H2,32,33,34,35,36). The lowest BCUT2D eigenvalue weighted by atomic mass is 10.1. The minimum atomic E-state index is -4.58. The maximum Gasteiger partial charge on any atom is 0.422 e. The van der Waals surface area contributed by atoms with Crippen LogP contribution in [0.15, 0.2) is 48.5 Å². The van der Waals surface area contributed by atoms with Crippen LogP contribution in [0, 0.1) is 0 Å². The van der Waals surface area contributed by atoms with Crippen LogP contribution in [0.5, 0.6) is 6.01 Å². The van der Waals surface area contributed by atoms with E-state index < -0.39 is 41.2 Å². The van der Waals surface area contributed by atoms with Crippen LogP contribution in [0.3, 0.4) is 0 Å². The summed E-state index contributed by atoms with van der Waals surface area (Å²) in [4.78, 5) is 24.8. The number of hydrogen-bond acceptors (Lipinski definition) is 9. The van der Waals surface area contributed by atoms with Crippen molar-refractivity contribution in [1.29, 1.82) is 0 Å². The maximum absolute atomic E-state index is 12.8. The molecule has 1 amide bonds. The number of halogens is 4. The summed E-state index contributed by atoms with van der Waals surface area (Å²) in [7, 11) is -1.55. The summed E-state index contributed by atoms with van der Waals surface area (Å²) >= 11 is 6.00. The van der Waals surface area contributed by atoms with Gasteiger partial charge in [-0.2, -0.15) is 28.1 Å².